The van der Waals surface area contributed by atoms with Crippen LogP contribution in [0.1, 0.15) is 49.9 Å². The van der Waals surface area contributed by atoms with E-state index in [0.29, 0.717) is 17.3 Å². The Hall–Kier alpha value is -1.10. The summed E-state index contributed by atoms with van der Waals surface area (Å²) >= 11 is 3.39. The number of rotatable bonds is 6. The summed E-state index contributed by atoms with van der Waals surface area (Å²) < 4.78 is 0.823. The van der Waals surface area contributed by atoms with Gasteiger partial charge in [0.1, 0.15) is 5.82 Å². The molecule has 1 fully saturated rings. The molecular weight excluding hydrogens is 330 g/mol. The van der Waals surface area contributed by atoms with Crippen LogP contribution in [0, 0.1) is 11.8 Å². The van der Waals surface area contributed by atoms with Crippen molar-refractivity contribution in [2.24, 2.45) is 11.8 Å². The fraction of sp³-hybridized carbons (Fsp3) is 0.625. The molecule has 4 nitrogen and oxygen atoms in total. The second-order valence-corrected chi connectivity index (χ2v) is 6.89. The highest BCUT2D eigenvalue weighted by Gasteiger charge is 2.22. The maximum atomic E-state index is 12.4. The summed E-state index contributed by atoms with van der Waals surface area (Å²) in [6.07, 6.45) is 6.44. The lowest BCUT2D eigenvalue weighted by molar-refractivity contribution is 0.0947. The van der Waals surface area contributed by atoms with Gasteiger partial charge in [0.25, 0.3) is 5.91 Å². The number of halogens is 1. The Bertz CT molecular complexity index is 492. The molecular formula is C16H24BrN3O. The summed E-state index contributed by atoms with van der Waals surface area (Å²) in [7, 11) is 0. The van der Waals surface area contributed by atoms with Crippen LogP contribution in [-0.2, 0) is 0 Å². The minimum Gasteiger partial charge on any atom is -0.369 e. The summed E-state index contributed by atoms with van der Waals surface area (Å²) in [5.41, 5.74) is 0.615. The van der Waals surface area contributed by atoms with Crippen molar-refractivity contribution in [3.05, 3.63) is 22.3 Å². The van der Waals surface area contributed by atoms with Crippen molar-refractivity contribution < 1.29 is 4.79 Å². The lowest BCUT2D eigenvalue weighted by Crippen LogP contribution is -2.29. The molecule has 0 saturated heterocycles. The van der Waals surface area contributed by atoms with Gasteiger partial charge in [0.05, 0.1) is 5.56 Å². The van der Waals surface area contributed by atoms with Crippen molar-refractivity contribution >= 4 is 27.7 Å². The van der Waals surface area contributed by atoms with Gasteiger partial charge in [0.15, 0.2) is 0 Å². The molecule has 1 saturated carbocycles. The van der Waals surface area contributed by atoms with E-state index >= 15 is 0 Å². The average molecular weight is 354 g/mol. The lowest BCUT2D eigenvalue weighted by atomic mass is 10.1. The third-order valence-electron chi connectivity index (χ3n) is 4.00. The zero-order chi connectivity index (χ0) is 15.2. The normalized spacial score (nSPS) is 21.3. The molecule has 0 aromatic carbocycles. The summed E-state index contributed by atoms with van der Waals surface area (Å²) in [4.78, 5) is 16.7. The Morgan fingerprint density at radius 3 is 2.95 bits per heavy atom. The van der Waals surface area contributed by atoms with Gasteiger partial charge in [0.2, 0.25) is 0 Å². The lowest BCUT2D eigenvalue weighted by Gasteiger charge is -2.14. The molecule has 2 atom stereocenters. The molecule has 0 radical (unpaired) electrons. The molecule has 1 aromatic rings. The van der Waals surface area contributed by atoms with Crippen LogP contribution < -0.4 is 10.6 Å². The number of carbonyl (C=O) groups is 1. The number of carbonyl (C=O) groups excluding carboxylic acids is 1. The van der Waals surface area contributed by atoms with Gasteiger partial charge in [-0.05, 0) is 53.1 Å². The second-order valence-electron chi connectivity index (χ2n) is 5.97. The highest BCUT2D eigenvalue weighted by Crippen LogP contribution is 2.29. The molecule has 0 bridgehead atoms. The van der Waals surface area contributed by atoms with Crippen molar-refractivity contribution in [2.45, 2.75) is 39.5 Å². The smallest absolute Gasteiger partial charge is 0.255 e. The van der Waals surface area contributed by atoms with Crippen LogP contribution in [0.3, 0.4) is 0 Å². The molecule has 1 aromatic heterocycles. The van der Waals surface area contributed by atoms with Crippen molar-refractivity contribution in [1.29, 1.82) is 0 Å². The molecule has 1 aliphatic rings. The number of anilines is 1. The molecule has 2 rings (SSSR count). The molecule has 1 aliphatic carbocycles. The Morgan fingerprint density at radius 2 is 2.29 bits per heavy atom. The third kappa shape index (κ3) is 4.70. The van der Waals surface area contributed by atoms with Gasteiger partial charge in [0, 0.05) is 23.8 Å². The van der Waals surface area contributed by atoms with Gasteiger partial charge >= 0.3 is 0 Å². The van der Waals surface area contributed by atoms with Crippen LogP contribution >= 0.6 is 15.9 Å². The van der Waals surface area contributed by atoms with Crippen LogP contribution in [0.2, 0.25) is 0 Å². The van der Waals surface area contributed by atoms with E-state index in [1.807, 2.05) is 6.07 Å². The number of hydrogen-bond acceptors (Lipinski definition) is 3. The Balaban J connectivity index is 1.98. The predicted octanol–water partition coefficient (Wildman–Crippen LogP) is 3.83. The summed E-state index contributed by atoms with van der Waals surface area (Å²) in [6, 6.07) is 1.83. The quantitative estimate of drug-likeness (QED) is 0.816. The standard InChI is InChI=1S/C16H24BrN3O/c1-3-6-18-15-14(8-13(17)10-19-15)16(21)20-9-12-5-4-11(2)7-12/h8,10-12H,3-7,9H2,1-2H3,(H,18,19)(H,20,21). The largest absolute Gasteiger partial charge is 0.369 e. The minimum absolute atomic E-state index is 0.0399. The van der Waals surface area contributed by atoms with E-state index in [9.17, 15) is 4.79 Å². The van der Waals surface area contributed by atoms with Gasteiger partial charge in [-0.15, -0.1) is 0 Å². The fourth-order valence-electron chi connectivity index (χ4n) is 2.84. The van der Waals surface area contributed by atoms with E-state index in [2.05, 4.69) is 45.4 Å². The first kappa shape index (κ1) is 16.3. The Morgan fingerprint density at radius 1 is 1.48 bits per heavy atom. The molecule has 0 spiro atoms. The van der Waals surface area contributed by atoms with Gasteiger partial charge in [-0.25, -0.2) is 4.98 Å². The molecule has 5 heteroatoms. The number of pyridine rings is 1. The minimum atomic E-state index is -0.0399. The molecule has 21 heavy (non-hydrogen) atoms. The van der Waals surface area contributed by atoms with Crippen molar-refractivity contribution in [1.82, 2.24) is 10.3 Å². The van der Waals surface area contributed by atoms with E-state index in [0.717, 1.165) is 29.9 Å². The van der Waals surface area contributed by atoms with Crippen LogP contribution in [0.4, 0.5) is 5.82 Å². The first-order chi connectivity index (χ1) is 10.1. The maximum absolute atomic E-state index is 12.4. The van der Waals surface area contributed by atoms with Crippen molar-refractivity contribution in [2.75, 3.05) is 18.4 Å². The summed E-state index contributed by atoms with van der Waals surface area (Å²) in [6.45, 7) is 5.96. The van der Waals surface area contributed by atoms with Gasteiger partial charge in [-0.3, -0.25) is 4.79 Å². The van der Waals surface area contributed by atoms with E-state index in [4.69, 9.17) is 0 Å². The molecule has 1 heterocycles. The Labute approximate surface area is 135 Å². The van der Waals surface area contributed by atoms with Gasteiger partial charge in [-0.2, -0.15) is 0 Å². The number of amides is 1. The second kappa shape index (κ2) is 7.78. The van der Waals surface area contributed by atoms with Crippen molar-refractivity contribution in [3.8, 4) is 0 Å². The Kier molecular flexibility index (Phi) is 6.03. The van der Waals surface area contributed by atoms with E-state index in [1.54, 1.807) is 6.20 Å². The zero-order valence-electron chi connectivity index (χ0n) is 12.8. The predicted molar refractivity (Wildman–Crippen MR) is 89.6 cm³/mol. The maximum Gasteiger partial charge on any atom is 0.255 e. The number of nitrogens with one attached hydrogen (secondary N) is 2. The molecule has 1 amide bonds. The highest BCUT2D eigenvalue weighted by molar-refractivity contribution is 9.10. The highest BCUT2D eigenvalue weighted by atomic mass is 79.9. The number of aromatic nitrogens is 1. The number of hydrogen-bond donors (Lipinski definition) is 2. The molecule has 0 aliphatic heterocycles. The average Bonchev–Trinajstić information content (AvgIpc) is 2.89. The molecule has 2 unspecified atom stereocenters. The van der Waals surface area contributed by atoms with Crippen LogP contribution in [0.25, 0.3) is 0 Å². The van der Waals surface area contributed by atoms with Crippen LogP contribution in [-0.4, -0.2) is 24.0 Å². The van der Waals surface area contributed by atoms with Gasteiger partial charge in [-0.1, -0.05) is 20.3 Å². The third-order valence-corrected chi connectivity index (χ3v) is 4.43. The van der Waals surface area contributed by atoms with Crippen LogP contribution in [0.15, 0.2) is 16.7 Å². The number of nitrogens with zero attached hydrogens (tertiary/aromatic N) is 1. The monoisotopic (exact) mass is 353 g/mol. The van der Waals surface area contributed by atoms with E-state index in [1.165, 1.54) is 19.3 Å². The topological polar surface area (TPSA) is 54.0 Å². The zero-order valence-corrected chi connectivity index (χ0v) is 14.4. The SMILES string of the molecule is CCCNc1ncc(Br)cc1C(=O)NCC1CCC(C)C1. The molecule has 2 N–H and O–H groups in total. The summed E-state index contributed by atoms with van der Waals surface area (Å²) in [5, 5.41) is 6.28. The van der Waals surface area contributed by atoms with Gasteiger partial charge < -0.3 is 10.6 Å². The molecule has 116 valence electrons. The van der Waals surface area contributed by atoms with Crippen molar-refractivity contribution in [3.63, 3.8) is 0 Å². The van der Waals surface area contributed by atoms with E-state index in [-0.39, 0.29) is 5.91 Å². The first-order valence-corrected chi connectivity index (χ1v) is 8.57. The van der Waals surface area contributed by atoms with E-state index < -0.39 is 0 Å². The first-order valence-electron chi connectivity index (χ1n) is 7.77. The fourth-order valence-corrected chi connectivity index (χ4v) is 3.17. The summed E-state index contributed by atoms with van der Waals surface area (Å²) in [5.74, 6) is 2.04. The van der Waals surface area contributed by atoms with Crippen LogP contribution in [0.5, 0.6) is 0 Å².